The highest BCUT2D eigenvalue weighted by Crippen LogP contribution is 2.30. The summed E-state index contributed by atoms with van der Waals surface area (Å²) in [6.07, 6.45) is 0. The second-order valence-electron chi connectivity index (χ2n) is 6.35. The first-order valence-electron chi connectivity index (χ1n) is 8.83. The molecule has 0 bridgehead atoms. The van der Waals surface area contributed by atoms with Crippen molar-refractivity contribution in [1.29, 1.82) is 5.26 Å². The molecule has 27 heavy (non-hydrogen) atoms. The first kappa shape index (κ1) is 16.7. The summed E-state index contributed by atoms with van der Waals surface area (Å²) >= 11 is 0. The van der Waals surface area contributed by atoms with Crippen LogP contribution in [-0.2, 0) is 13.1 Å². The van der Waals surface area contributed by atoms with E-state index in [4.69, 9.17) is 0 Å². The summed E-state index contributed by atoms with van der Waals surface area (Å²) in [5.41, 5.74) is 4.32. The molecule has 0 unspecified atom stereocenters. The van der Waals surface area contributed by atoms with Crippen LogP contribution in [0.25, 0.3) is 10.9 Å². The van der Waals surface area contributed by atoms with E-state index in [0.29, 0.717) is 18.8 Å². The molecule has 0 atom stereocenters. The second kappa shape index (κ2) is 7.67. The number of hydrogen-bond donors (Lipinski definition) is 0. The molecular weight excluding hydrogens is 332 g/mol. The molecule has 4 rings (SSSR count). The summed E-state index contributed by atoms with van der Waals surface area (Å²) in [6.45, 7) is 1.36. The molecular formula is C23H18N4. The van der Waals surface area contributed by atoms with Crippen molar-refractivity contribution in [2.75, 3.05) is 4.90 Å². The predicted octanol–water partition coefficient (Wildman–Crippen LogP) is 4.71. The summed E-state index contributed by atoms with van der Waals surface area (Å²) in [7, 11) is 0. The van der Waals surface area contributed by atoms with Crippen molar-refractivity contribution in [3.05, 3.63) is 102 Å². The minimum Gasteiger partial charge on any atom is -0.360 e. The minimum atomic E-state index is 0.348. The number of rotatable bonds is 5. The van der Waals surface area contributed by atoms with Gasteiger partial charge in [-0.1, -0.05) is 78.9 Å². The van der Waals surface area contributed by atoms with Gasteiger partial charge >= 0.3 is 0 Å². The van der Waals surface area contributed by atoms with Crippen molar-refractivity contribution in [2.24, 2.45) is 0 Å². The third-order valence-corrected chi connectivity index (χ3v) is 4.50. The Morgan fingerprint density at radius 1 is 0.704 bits per heavy atom. The van der Waals surface area contributed by atoms with Crippen molar-refractivity contribution < 1.29 is 0 Å². The Hall–Kier alpha value is -3.71. The molecule has 0 saturated carbocycles. The molecule has 0 saturated heterocycles. The standard InChI is InChI=1S/C23H18N4/c24-15-22-23(20-13-7-8-14-21(20)25-26-22)27(16-18-9-3-1-4-10-18)17-19-11-5-2-6-12-19/h1-14H,16-17H2. The fourth-order valence-electron chi connectivity index (χ4n) is 3.26. The van der Waals surface area contributed by atoms with E-state index in [9.17, 15) is 5.26 Å². The Bertz CT molecular complexity index is 1040. The van der Waals surface area contributed by atoms with Gasteiger partial charge in [0.25, 0.3) is 0 Å². The van der Waals surface area contributed by atoms with Gasteiger partial charge in [-0.05, 0) is 17.2 Å². The highest BCUT2D eigenvalue weighted by atomic mass is 15.2. The third-order valence-electron chi connectivity index (χ3n) is 4.50. The number of hydrogen-bond acceptors (Lipinski definition) is 4. The van der Waals surface area contributed by atoms with Crippen LogP contribution in [0, 0.1) is 11.3 Å². The van der Waals surface area contributed by atoms with Gasteiger partial charge < -0.3 is 4.90 Å². The number of anilines is 1. The van der Waals surface area contributed by atoms with Crippen LogP contribution < -0.4 is 4.90 Å². The van der Waals surface area contributed by atoms with Gasteiger partial charge in [0.15, 0.2) is 5.69 Å². The Labute approximate surface area is 158 Å². The topological polar surface area (TPSA) is 52.8 Å². The maximum absolute atomic E-state index is 9.68. The molecule has 4 nitrogen and oxygen atoms in total. The Balaban J connectivity index is 1.85. The van der Waals surface area contributed by atoms with E-state index < -0.39 is 0 Å². The smallest absolute Gasteiger partial charge is 0.187 e. The van der Waals surface area contributed by atoms with Gasteiger partial charge in [0.05, 0.1) is 11.2 Å². The zero-order valence-corrected chi connectivity index (χ0v) is 14.8. The third kappa shape index (κ3) is 3.63. The van der Waals surface area contributed by atoms with Crippen LogP contribution in [0.1, 0.15) is 16.8 Å². The van der Waals surface area contributed by atoms with E-state index in [1.165, 1.54) is 11.1 Å². The second-order valence-corrected chi connectivity index (χ2v) is 6.35. The van der Waals surface area contributed by atoms with Gasteiger partial charge in [-0.15, -0.1) is 10.2 Å². The fraction of sp³-hybridized carbons (Fsp3) is 0.0870. The van der Waals surface area contributed by atoms with Gasteiger partial charge in [0, 0.05) is 18.5 Å². The van der Waals surface area contributed by atoms with Crippen LogP contribution in [0.3, 0.4) is 0 Å². The molecule has 0 aliphatic rings. The van der Waals surface area contributed by atoms with Gasteiger partial charge in [-0.25, -0.2) is 0 Å². The molecule has 130 valence electrons. The largest absolute Gasteiger partial charge is 0.360 e. The lowest BCUT2D eigenvalue weighted by atomic mass is 10.1. The van der Waals surface area contributed by atoms with Crippen LogP contribution >= 0.6 is 0 Å². The van der Waals surface area contributed by atoms with Crippen molar-refractivity contribution >= 4 is 16.6 Å². The van der Waals surface area contributed by atoms with Crippen LogP contribution in [0.4, 0.5) is 5.69 Å². The summed E-state index contributed by atoms with van der Waals surface area (Å²) in [4.78, 5) is 2.21. The van der Waals surface area contributed by atoms with Crippen LogP contribution in [-0.4, -0.2) is 10.2 Å². The highest BCUT2D eigenvalue weighted by Gasteiger charge is 2.18. The summed E-state index contributed by atoms with van der Waals surface area (Å²) < 4.78 is 0. The molecule has 0 aliphatic heterocycles. The van der Waals surface area contributed by atoms with Crippen molar-refractivity contribution in [2.45, 2.75) is 13.1 Å². The van der Waals surface area contributed by atoms with Crippen LogP contribution in [0.2, 0.25) is 0 Å². The van der Waals surface area contributed by atoms with Gasteiger partial charge in [-0.2, -0.15) is 5.26 Å². The van der Waals surface area contributed by atoms with E-state index in [2.05, 4.69) is 45.4 Å². The average Bonchev–Trinajstić information content (AvgIpc) is 2.74. The lowest BCUT2D eigenvalue weighted by Gasteiger charge is -2.26. The molecule has 1 heterocycles. The SMILES string of the molecule is N#Cc1nnc2ccccc2c1N(Cc1ccccc1)Cc1ccccc1. The van der Waals surface area contributed by atoms with Crippen molar-refractivity contribution in [1.82, 2.24) is 10.2 Å². The molecule has 0 fully saturated rings. The van der Waals surface area contributed by atoms with Crippen LogP contribution in [0.5, 0.6) is 0 Å². The Morgan fingerprint density at radius 3 is 1.85 bits per heavy atom. The lowest BCUT2D eigenvalue weighted by Crippen LogP contribution is -2.24. The number of aromatic nitrogens is 2. The zero-order valence-electron chi connectivity index (χ0n) is 14.8. The monoisotopic (exact) mass is 350 g/mol. The van der Waals surface area contributed by atoms with E-state index >= 15 is 0 Å². The molecule has 0 N–H and O–H groups in total. The lowest BCUT2D eigenvalue weighted by molar-refractivity contribution is 0.795. The first-order chi connectivity index (χ1) is 13.3. The normalized spacial score (nSPS) is 10.5. The molecule has 0 aliphatic carbocycles. The van der Waals surface area contributed by atoms with E-state index in [-0.39, 0.29) is 0 Å². The quantitative estimate of drug-likeness (QED) is 0.523. The van der Waals surface area contributed by atoms with Crippen molar-refractivity contribution in [3.63, 3.8) is 0 Å². The van der Waals surface area contributed by atoms with Crippen LogP contribution in [0.15, 0.2) is 84.9 Å². The zero-order chi connectivity index (χ0) is 18.5. The molecule has 4 aromatic rings. The number of nitrogens with zero attached hydrogens (tertiary/aromatic N) is 4. The summed E-state index contributed by atoms with van der Waals surface area (Å²) in [5, 5.41) is 19.0. The van der Waals surface area contributed by atoms with Gasteiger partial charge in [0.1, 0.15) is 6.07 Å². The summed E-state index contributed by atoms with van der Waals surface area (Å²) in [6, 6.07) is 30.6. The number of benzene rings is 3. The van der Waals surface area contributed by atoms with E-state index in [1.807, 2.05) is 60.7 Å². The average molecular weight is 350 g/mol. The minimum absolute atomic E-state index is 0.348. The summed E-state index contributed by atoms with van der Waals surface area (Å²) in [5.74, 6) is 0. The molecule has 0 spiro atoms. The molecule has 0 amide bonds. The van der Waals surface area contributed by atoms with E-state index in [1.54, 1.807) is 0 Å². The number of fused-ring (bicyclic) bond motifs is 1. The Kier molecular flexibility index (Phi) is 4.76. The predicted molar refractivity (Wildman–Crippen MR) is 107 cm³/mol. The van der Waals surface area contributed by atoms with Gasteiger partial charge in [-0.3, -0.25) is 0 Å². The molecule has 0 radical (unpaired) electrons. The number of nitriles is 1. The highest BCUT2D eigenvalue weighted by molar-refractivity contribution is 5.93. The molecule has 3 aromatic carbocycles. The first-order valence-corrected chi connectivity index (χ1v) is 8.83. The van der Waals surface area contributed by atoms with E-state index in [0.717, 1.165) is 16.6 Å². The van der Waals surface area contributed by atoms with Gasteiger partial charge in [0.2, 0.25) is 0 Å². The fourth-order valence-corrected chi connectivity index (χ4v) is 3.26. The molecule has 1 aromatic heterocycles. The maximum atomic E-state index is 9.68. The van der Waals surface area contributed by atoms with Crippen molar-refractivity contribution in [3.8, 4) is 6.07 Å². The Morgan fingerprint density at radius 2 is 1.26 bits per heavy atom. The maximum Gasteiger partial charge on any atom is 0.187 e. The molecule has 4 heteroatoms.